The molecule has 224 valence electrons. The molecule has 4 aliphatic rings. The van der Waals surface area contributed by atoms with Crippen LogP contribution in [-0.2, 0) is 18.4 Å². The van der Waals surface area contributed by atoms with Gasteiger partial charge in [-0.15, -0.1) is 0 Å². The molecule has 2 N–H and O–H groups in total. The highest BCUT2D eigenvalue weighted by molar-refractivity contribution is 6.00. The third-order valence-corrected chi connectivity index (χ3v) is 10.4. The fraction of sp³-hybridized carbons (Fsp3) is 0.515. The number of aryl methyl sites for hydroxylation is 1. The molecule has 2 saturated heterocycles. The van der Waals surface area contributed by atoms with E-state index < -0.39 is 0 Å². The lowest BCUT2D eigenvalue weighted by Crippen LogP contribution is -2.39. The molecule has 4 atom stereocenters. The van der Waals surface area contributed by atoms with Crippen LogP contribution in [0, 0.1) is 17.8 Å². The molecule has 2 bridgehead atoms. The number of piperidine rings is 2. The number of likely N-dealkylation sites (tertiary alicyclic amines) is 1. The van der Waals surface area contributed by atoms with Crippen molar-refractivity contribution in [3.63, 3.8) is 0 Å². The van der Waals surface area contributed by atoms with Crippen molar-refractivity contribution in [2.24, 2.45) is 24.8 Å². The van der Waals surface area contributed by atoms with Gasteiger partial charge in [0.15, 0.2) is 5.82 Å². The summed E-state index contributed by atoms with van der Waals surface area (Å²) >= 11 is 0. The molecule has 10 heteroatoms. The number of carbonyl (C=O) groups excluding carboxylic acids is 2. The summed E-state index contributed by atoms with van der Waals surface area (Å²) in [4.78, 5) is 37.9. The Hall–Kier alpha value is -4.08. The van der Waals surface area contributed by atoms with Crippen molar-refractivity contribution in [3.8, 4) is 17.3 Å². The molecule has 43 heavy (non-hydrogen) atoms. The van der Waals surface area contributed by atoms with E-state index in [9.17, 15) is 9.59 Å². The SMILES string of the molecule is COc1cc(C(=O)N2CC3CCC2C3C)cc2nc(-c3cc4ccc(NC5CCNC(=O)C5)nc4n3CC3CC3)n(C)c12. The van der Waals surface area contributed by atoms with E-state index in [1.54, 1.807) is 7.11 Å². The predicted molar refractivity (Wildman–Crippen MR) is 165 cm³/mol. The number of amides is 2. The van der Waals surface area contributed by atoms with Gasteiger partial charge in [0.05, 0.1) is 18.3 Å². The van der Waals surface area contributed by atoms with Crippen LogP contribution in [0.3, 0.4) is 0 Å². The van der Waals surface area contributed by atoms with E-state index in [-0.39, 0.29) is 17.9 Å². The molecule has 2 saturated carbocycles. The molecule has 5 heterocycles. The Balaban J connectivity index is 1.19. The smallest absolute Gasteiger partial charge is 0.254 e. The average molecular weight is 582 g/mol. The molecule has 0 spiro atoms. The largest absolute Gasteiger partial charge is 0.494 e. The fourth-order valence-corrected chi connectivity index (χ4v) is 7.78. The number of pyridine rings is 1. The third kappa shape index (κ3) is 4.44. The van der Waals surface area contributed by atoms with E-state index in [1.165, 1.54) is 19.3 Å². The van der Waals surface area contributed by atoms with Gasteiger partial charge in [-0.2, -0.15) is 0 Å². The normalized spacial score (nSPS) is 25.1. The number of hydrogen-bond donors (Lipinski definition) is 2. The number of fused-ring (bicyclic) bond motifs is 4. The predicted octanol–water partition coefficient (Wildman–Crippen LogP) is 4.57. The fourth-order valence-electron chi connectivity index (χ4n) is 7.78. The molecule has 2 amide bonds. The Morgan fingerprint density at radius 2 is 1.98 bits per heavy atom. The molecule has 10 nitrogen and oxygen atoms in total. The van der Waals surface area contributed by atoms with Gasteiger partial charge < -0.3 is 29.4 Å². The molecular formula is C33H39N7O3. The maximum Gasteiger partial charge on any atom is 0.254 e. The summed E-state index contributed by atoms with van der Waals surface area (Å²) in [5.74, 6) is 4.23. The first kappa shape index (κ1) is 26.5. The Labute approximate surface area is 250 Å². The Morgan fingerprint density at radius 1 is 1.12 bits per heavy atom. The van der Waals surface area contributed by atoms with E-state index in [1.807, 2.05) is 25.2 Å². The van der Waals surface area contributed by atoms with Gasteiger partial charge in [0.25, 0.3) is 5.91 Å². The van der Waals surface area contributed by atoms with Gasteiger partial charge in [-0.05, 0) is 80.2 Å². The maximum atomic E-state index is 13.7. The molecule has 8 rings (SSSR count). The van der Waals surface area contributed by atoms with E-state index >= 15 is 0 Å². The summed E-state index contributed by atoms with van der Waals surface area (Å²) in [7, 11) is 3.68. The van der Waals surface area contributed by atoms with Crippen LogP contribution in [0.1, 0.15) is 55.8 Å². The van der Waals surface area contributed by atoms with Gasteiger partial charge in [0.1, 0.15) is 22.7 Å². The number of imidazole rings is 1. The molecule has 2 aliphatic heterocycles. The molecule has 4 unspecified atom stereocenters. The molecule has 4 aromatic rings. The van der Waals surface area contributed by atoms with Crippen LogP contribution in [0.2, 0.25) is 0 Å². The minimum atomic E-state index is 0.0770. The van der Waals surface area contributed by atoms with Gasteiger partial charge >= 0.3 is 0 Å². The van der Waals surface area contributed by atoms with E-state index in [4.69, 9.17) is 14.7 Å². The lowest BCUT2D eigenvalue weighted by atomic mass is 10.0. The number of methoxy groups -OCH3 is 1. The van der Waals surface area contributed by atoms with Crippen LogP contribution in [0.5, 0.6) is 5.75 Å². The lowest BCUT2D eigenvalue weighted by Gasteiger charge is -2.27. The van der Waals surface area contributed by atoms with E-state index in [0.717, 1.165) is 65.3 Å². The van der Waals surface area contributed by atoms with Gasteiger partial charge in [0.2, 0.25) is 5.91 Å². The molecule has 2 aliphatic carbocycles. The molecule has 0 radical (unpaired) electrons. The maximum absolute atomic E-state index is 13.7. The monoisotopic (exact) mass is 581 g/mol. The van der Waals surface area contributed by atoms with Gasteiger partial charge in [0, 0.05) is 56.1 Å². The number of benzene rings is 1. The Bertz CT molecular complexity index is 1770. The first-order valence-electron chi connectivity index (χ1n) is 15.8. The molecule has 1 aromatic carbocycles. The van der Waals surface area contributed by atoms with Crippen molar-refractivity contribution in [3.05, 3.63) is 35.9 Å². The van der Waals surface area contributed by atoms with Crippen molar-refractivity contribution < 1.29 is 14.3 Å². The standard InChI is InChI=1S/C33H39N7O3/c1-18-21-6-8-25(18)40(17-21)33(42)22-12-24-30(27(14-22)43-3)38(2)32(36-24)26-13-20-7-9-28(35-23-10-11-34-29(41)15-23)37-31(20)39(26)16-19-4-5-19/h7,9,12-14,18-19,21,23,25H,4-6,8,10-11,15-17H2,1-3H3,(H,34,41)(H,35,37). The van der Waals surface area contributed by atoms with Crippen LogP contribution in [0.25, 0.3) is 33.6 Å². The third-order valence-electron chi connectivity index (χ3n) is 10.4. The second kappa shape index (κ2) is 9.99. The number of nitrogens with zero attached hydrogens (tertiary/aromatic N) is 5. The topological polar surface area (TPSA) is 106 Å². The molecule has 3 aromatic heterocycles. The number of nitrogens with one attached hydrogen (secondary N) is 2. The summed E-state index contributed by atoms with van der Waals surface area (Å²) in [5, 5.41) is 7.44. The zero-order chi connectivity index (χ0) is 29.4. The van der Waals surface area contributed by atoms with Crippen molar-refractivity contribution in [2.45, 2.75) is 64.1 Å². The number of rotatable bonds is 7. The van der Waals surface area contributed by atoms with Crippen molar-refractivity contribution in [2.75, 3.05) is 25.5 Å². The first-order chi connectivity index (χ1) is 20.9. The van der Waals surface area contributed by atoms with Crippen LogP contribution in [0.4, 0.5) is 5.82 Å². The van der Waals surface area contributed by atoms with Crippen molar-refractivity contribution in [1.82, 2.24) is 29.3 Å². The van der Waals surface area contributed by atoms with Gasteiger partial charge in [-0.1, -0.05) is 6.92 Å². The summed E-state index contributed by atoms with van der Waals surface area (Å²) in [6.07, 6.45) is 6.08. The lowest BCUT2D eigenvalue weighted by molar-refractivity contribution is -0.122. The summed E-state index contributed by atoms with van der Waals surface area (Å²) < 4.78 is 10.2. The zero-order valence-corrected chi connectivity index (χ0v) is 25.1. The highest BCUT2D eigenvalue weighted by atomic mass is 16.5. The van der Waals surface area contributed by atoms with Crippen LogP contribution in [-0.4, -0.2) is 68.1 Å². The Morgan fingerprint density at radius 3 is 2.70 bits per heavy atom. The summed E-state index contributed by atoms with van der Waals surface area (Å²) in [6, 6.07) is 10.5. The van der Waals surface area contributed by atoms with Crippen molar-refractivity contribution in [1.29, 1.82) is 0 Å². The van der Waals surface area contributed by atoms with E-state index in [2.05, 4.69) is 43.7 Å². The van der Waals surface area contributed by atoms with Crippen LogP contribution < -0.4 is 15.4 Å². The number of anilines is 1. The minimum Gasteiger partial charge on any atom is -0.494 e. The quantitative estimate of drug-likeness (QED) is 0.331. The van der Waals surface area contributed by atoms with Gasteiger partial charge in [-0.3, -0.25) is 9.59 Å². The number of carbonyl (C=O) groups is 2. The number of aromatic nitrogens is 4. The van der Waals surface area contributed by atoms with Crippen LogP contribution in [0.15, 0.2) is 30.3 Å². The minimum absolute atomic E-state index is 0.0770. The van der Waals surface area contributed by atoms with Gasteiger partial charge in [-0.25, -0.2) is 9.97 Å². The number of hydrogen-bond acceptors (Lipinski definition) is 6. The molecule has 4 fully saturated rings. The highest BCUT2D eigenvalue weighted by Gasteiger charge is 2.46. The summed E-state index contributed by atoms with van der Waals surface area (Å²) in [5.41, 5.74) is 4.19. The van der Waals surface area contributed by atoms with E-state index in [0.29, 0.717) is 48.1 Å². The highest BCUT2D eigenvalue weighted by Crippen LogP contribution is 2.44. The second-order valence-corrected chi connectivity index (χ2v) is 13.1. The van der Waals surface area contributed by atoms with Crippen LogP contribution >= 0.6 is 0 Å². The zero-order valence-electron chi connectivity index (χ0n) is 25.1. The number of ether oxygens (including phenoxy) is 1. The Kier molecular flexibility index (Phi) is 6.17. The first-order valence-corrected chi connectivity index (χ1v) is 15.8. The summed E-state index contributed by atoms with van der Waals surface area (Å²) in [6.45, 7) is 4.69. The second-order valence-electron chi connectivity index (χ2n) is 13.1. The average Bonchev–Trinajstić information content (AvgIpc) is 3.41. The van der Waals surface area contributed by atoms with Crippen molar-refractivity contribution >= 4 is 39.7 Å². The molecular weight excluding hydrogens is 542 g/mol.